The van der Waals surface area contributed by atoms with E-state index in [1.807, 2.05) is 30.3 Å². The fraction of sp³-hybridized carbons (Fsp3) is 0.458. The summed E-state index contributed by atoms with van der Waals surface area (Å²) in [6.07, 6.45) is 7.60. The Balaban J connectivity index is 1.57. The Morgan fingerprint density at radius 2 is 1.87 bits per heavy atom. The molecule has 1 aliphatic rings. The standard InChI is InChI=1S/C24H32N2O4/c1-29-22-13-12-20(16-23(22)30-15-14-18-8-4-2-5-9-18)25-24(28)26-21(17-27)19-10-6-3-7-11-19/h3,6-7,10-13,16,18,21,27H,2,4-5,8-9,14-15,17H2,1H3,(H2,25,26,28)/t21-/m0/s1. The number of urea groups is 1. The van der Waals surface area contributed by atoms with Gasteiger partial charge in [0.25, 0.3) is 0 Å². The molecule has 0 spiro atoms. The van der Waals surface area contributed by atoms with E-state index < -0.39 is 12.1 Å². The molecule has 0 heterocycles. The van der Waals surface area contributed by atoms with Crippen LogP contribution < -0.4 is 20.1 Å². The second-order valence-electron chi connectivity index (χ2n) is 7.75. The maximum absolute atomic E-state index is 12.4. The highest BCUT2D eigenvalue weighted by Crippen LogP contribution is 2.32. The number of anilines is 1. The fourth-order valence-electron chi connectivity index (χ4n) is 3.92. The molecular formula is C24H32N2O4. The summed E-state index contributed by atoms with van der Waals surface area (Å²) in [6, 6.07) is 13.8. The van der Waals surface area contributed by atoms with E-state index in [0.717, 1.165) is 17.9 Å². The predicted octanol–water partition coefficient (Wildman–Crippen LogP) is 4.90. The largest absolute Gasteiger partial charge is 0.493 e. The van der Waals surface area contributed by atoms with Crippen LogP contribution in [0.2, 0.25) is 0 Å². The number of hydrogen-bond acceptors (Lipinski definition) is 4. The van der Waals surface area contributed by atoms with Crippen molar-refractivity contribution in [1.82, 2.24) is 5.32 Å². The average molecular weight is 413 g/mol. The molecule has 1 atom stereocenters. The van der Waals surface area contributed by atoms with E-state index in [0.29, 0.717) is 23.8 Å². The molecule has 162 valence electrons. The molecule has 6 heteroatoms. The van der Waals surface area contributed by atoms with Crippen LogP contribution in [0.3, 0.4) is 0 Å². The molecule has 0 bridgehead atoms. The van der Waals surface area contributed by atoms with E-state index in [2.05, 4.69) is 10.6 Å². The maximum Gasteiger partial charge on any atom is 0.319 e. The molecule has 3 N–H and O–H groups in total. The molecule has 2 amide bonds. The maximum atomic E-state index is 12.4. The lowest BCUT2D eigenvalue weighted by atomic mass is 9.87. The molecule has 0 unspecified atom stereocenters. The van der Waals surface area contributed by atoms with Gasteiger partial charge in [0.1, 0.15) is 0 Å². The van der Waals surface area contributed by atoms with Crippen molar-refractivity contribution in [3.63, 3.8) is 0 Å². The van der Waals surface area contributed by atoms with Crippen LogP contribution in [0.4, 0.5) is 10.5 Å². The Bertz CT molecular complexity index is 791. The Kier molecular flexibility index (Phi) is 8.39. The van der Waals surface area contributed by atoms with Gasteiger partial charge in [0.2, 0.25) is 0 Å². The average Bonchev–Trinajstić information content (AvgIpc) is 2.79. The minimum absolute atomic E-state index is 0.185. The van der Waals surface area contributed by atoms with Gasteiger partial charge in [-0.25, -0.2) is 4.79 Å². The minimum atomic E-state index is -0.476. The quantitative estimate of drug-likeness (QED) is 0.547. The van der Waals surface area contributed by atoms with Crippen LogP contribution in [-0.4, -0.2) is 31.5 Å². The molecule has 1 fully saturated rings. The molecule has 0 aromatic heterocycles. The summed E-state index contributed by atoms with van der Waals surface area (Å²) in [5, 5.41) is 15.2. The summed E-state index contributed by atoms with van der Waals surface area (Å²) < 4.78 is 11.4. The molecule has 2 aromatic rings. The summed E-state index contributed by atoms with van der Waals surface area (Å²) >= 11 is 0. The molecular weight excluding hydrogens is 380 g/mol. The first-order chi connectivity index (χ1) is 14.7. The molecule has 3 rings (SSSR count). The summed E-state index contributed by atoms with van der Waals surface area (Å²) in [7, 11) is 1.61. The van der Waals surface area contributed by atoms with Gasteiger partial charge in [0.15, 0.2) is 11.5 Å². The number of aliphatic hydroxyl groups excluding tert-OH is 1. The molecule has 30 heavy (non-hydrogen) atoms. The lowest BCUT2D eigenvalue weighted by Crippen LogP contribution is -2.34. The van der Waals surface area contributed by atoms with Gasteiger partial charge in [-0.1, -0.05) is 62.4 Å². The molecule has 0 aliphatic heterocycles. The summed E-state index contributed by atoms with van der Waals surface area (Å²) in [4.78, 5) is 12.4. The smallest absolute Gasteiger partial charge is 0.319 e. The van der Waals surface area contributed by atoms with Gasteiger partial charge < -0.3 is 25.2 Å². The number of ether oxygens (including phenoxy) is 2. The highest BCUT2D eigenvalue weighted by molar-refractivity contribution is 5.90. The van der Waals surface area contributed by atoms with Crippen LogP contribution in [0.15, 0.2) is 48.5 Å². The number of hydrogen-bond donors (Lipinski definition) is 3. The van der Waals surface area contributed by atoms with Crippen LogP contribution in [0.25, 0.3) is 0 Å². The molecule has 0 saturated heterocycles. The summed E-state index contributed by atoms with van der Waals surface area (Å²) in [6.45, 7) is 0.451. The van der Waals surface area contributed by atoms with Crippen LogP contribution in [0.5, 0.6) is 11.5 Å². The fourth-order valence-corrected chi connectivity index (χ4v) is 3.92. The molecule has 6 nitrogen and oxygen atoms in total. The molecule has 1 aliphatic carbocycles. The third kappa shape index (κ3) is 6.39. The van der Waals surface area contributed by atoms with Gasteiger partial charge in [-0.05, 0) is 30.0 Å². The van der Waals surface area contributed by atoms with Crippen LogP contribution in [0.1, 0.15) is 50.1 Å². The molecule has 0 radical (unpaired) electrons. The van der Waals surface area contributed by atoms with Gasteiger partial charge >= 0.3 is 6.03 Å². The number of carbonyl (C=O) groups excluding carboxylic acids is 1. The van der Waals surface area contributed by atoms with Crippen molar-refractivity contribution in [2.75, 3.05) is 25.6 Å². The van der Waals surface area contributed by atoms with Gasteiger partial charge in [0.05, 0.1) is 26.4 Å². The van der Waals surface area contributed by atoms with E-state index in [4.69, 9.17) is 9.47 Å². The van der Waals surface area contributed by atoms with E-state index in [9.17, 15) is 9.90 Å². The first-order valence-corrected chi connectivity index (χ1v) is 10.7. The number of methoxy groups -OCH3 is 1. The number of aliphatic hydroxyl groups is 1. The van der Waals surface area contributed by atoms with Crippen molar-refractivity contribution in [3.05, 3.63) is 54.1 Å². The second kappa shape index (κ2) is 11.5. The number of amides is 2. The Hall–Kier alpha value is -2.73. The zero-order valence-corrected chi connectivity index (χ0v) is 17.6. The number of carbonyl (C=O) groups is 1. The minimum Gasteiger partial charge on any atom is -0.493 e. The van der Waals surface area contributed by atoms with Crippen molar-refractivity contribution >= 4 is 11.7 Å². The lowest BCUT2D eigenvalue weighted by molar-refractivity contribution is 0.225. The zero-order valence-electron chi connectivity index (χ0n) is 17.6. The molecule has 1 saturated carbocycles. The third-order valence-electron chi connectivity index (χ3n) is 5.62. The van der Waals surface area contributed by atoms with Gasteiger partial charge in [-0.15, -0.1) is 0 Å². The Morgan fingerprint density at radius 1 is 1.10 bits per heavy atom. The van der Waals surface area contributed by atoms with E-state index in [1.54, 1.807) is 25.3 Å². The monoisotopic (exact) mass is 412 g/mol. The highest BCUT2D eigenvalue weighted by Gasteiger charge is 2.16. The first-order valence-electron chi connectivity index (χ1n) is 10.7. The van der Waals surface area contributed by atoms with E-state index in [-0.39, 0.29) is 6.61 Å². The number of rotatable bonds is 9. The summed E-state index contributed by atoms with van der Waals surface area (Å²) in [5.41, 5.74) is 1.45. The summed E-state index contributed by atoms with van der Waals surface area (Å²) in [5.74, 6) is 2.00. The van der Waals surface area contributed by atoms with Gasteiger partial charge in [0, 0.05) is 11.8 Å². The predicted molar refractivity (Wildman–Crippen MR) is 118 cm³/mol. The van der Waals surface area contributed by atoms with E-state index >= 15 is 0 Å². The topological polar surface area (TPSA) is 79.8 Å². The normalized spacial score (nSPS) is 15.3. The van der Waals surface area contributed by atoms with Crippen LogP contribution in [-0.2, 0) is 0 Å². The Morgan fingerprint density at radius 3 is 2.57 bits per heavy atom. The van der Waals surface area contributed by atoms with Crippen LogP contribution >= 0.6 is 0 Å². The Labute approximate surface area is 178 Å². The third-order valence-corrected chi connectivity index (χ3v) is 5.62. The van der Waals surface area contributed by atoms with Gasteiger partial charge in [-0.2, -0.15) is 0 Å². The zero-order chi connectivity index (χ0) is 21.2. The lowest BCUT2D eigenvalue weighted by Gasteiger charge is -2.22. The first kappa shape index (κ1) is 22.0. The van der Waals surface area contributed by atoms with Crippen molar-refractivity contribution in [3.8, 4) is 11.5 Å². The second-order valence-corrected chi connectivity index (χ2v) is 7.75. The SMILES string of the molecule is COc1ccc(NC(=O)N[C@@H](CO)c2ccccc2)cc1OCCC1CCCCC1. The van der Waals surface area contributed by atoms with Crippen molar-refractivity contribution in [2.45, 2.75) is 44.6 Å². The highest BCUT2D eigenvalue weighted by atomic mass is 16.5. The number of nitrogens with one attached hydrogen (secondary N) is 2. The number of benzene rings is 2. The van der Waals surface area contributed by atoms with Crippen molar-refractivity contribution in [2.24, 2.45) is 5.92 Å². The van der Waals surface area contributed by atoms with Gasteiger partial charge in [-0.3, -0.25) is 0 Å². The van der Waals surface area contributed by atoms with Crippen molar-refractivity contribution in [1.29, 1.82) is 0 Å². The molecule has 2 aromatic carbocycles. The van der Waals surface area contributed by atoms with Crippen molar-refractivity contribution < 1.29 is 19.4 Å². The van der Waals surface area contributed by atoms with Crippen LogP contribution in [0, 0.1) is 5.92 Å². The van der Waals surface area contributed by atoms with E-state index in [1.165, 1.54) is 32.1 Å².